The molecular formula is C5H14N2O5P+. The summed E-state index contributed by atoms with van der Waals surface area (Å²) in [5, 5.41) is 16.5. The SMILES string of the molecule is N.NC(CC[P+](=O)OCO)C(=O)O. The van der Waals surface area contributed by atoms with Crippen molar-refractivity contribution in [3.63, 3.8) is 0 Å². The van der Waals surface area contributed by atoms with Crippen LogP contribution in [0.3, 0.4) is 0 Å². The van der Waals surface area contributed by atoms with E-state index in [4.69, 9.17) is 15.9 Å². The topological polar surface area (TPSA) is 145 Å². The van der Waals surface area contributed by atoms with Gasteiger partial charge in [0.25, 0.3) is 0 Å². The molecule has 0 saturated heterocycles. The van der Waals surface area contributed by atoms with Gasteiger partial charge in [-0.3, -0.25) is 4.79 Å². The number of rotatable bonds is 6. The van der Waals surface area contributed by atoms with Gasteiger partial charge in [0.05, 0.1) is 0 Å². The van der Waals surface area contributed by atoms with E-state index in [0.717, 1.165) is 0 Å². The number of hydrogen-bond donors (Lipinski definition) is 4. The lowest BCUT2D eigenvalue weighted by Gasteiger charge is -1.99. The summed E-state index contributed by atoms with van der Waals surface area (Å²) in [5.41, 5.74) is 5.11. The van der Waals surface area contributed by atoms with Crippen molar-refractivity contribution in [3.05, 3.63) is 0 Å². The van der Waals surface area contributed by atoms with E-state index in [1.807, 2.05) is 0 Å². The summed E-state index contributed by atoms with van der Waals surface area (Å²) in [6, 6.07) is -1.02. The molecule has 78 valence electrons. The molecule has 13 heavy (non-hydrogen) atoms. The van der Waals surface area contributed by atoms with Crippen LogP contribution in [-0.2, 0) is 13.9 Å². The Morgan fingerprint density at radius 1 is 1.62 bits per heavy atom. The van der Waals surface area contributed by atoms with Crippen LogP contribution in [0.2, 0.25) is 0 Å². The minimum absolute atomic E-state index is 0. The maximum absolute atomic E-state index is 10.7. The fourth-order valence-corrected chi connectivity index (χ4v) is 1.24. The summed E-state index contributed by atoms with van der Waals surface area (Å²) < 4.78 is 15.0. The average molecular weight is 213 g/mol. The largest absolute Gasteiger partial charge is 0.510 e. The molecule has 0 radical (unpaired) electrons. The van der Waals surface area contributed by atoms with E-state index >= 15 is 0 Å². The van der Waals surface area contributed by atoms with Gasteiger partial charge in [-0.15, -0.1) is 4.52 Å². The molecule has 0 spiro atoms. The Morgan fingerprint density at radius 3 is 2.54 bits per heavy atom. The van der Waals surface area contributed by atoms with Gasteiger partial charge in [-0.2, -0.15) is 0 Å². The summed E-state index contributed by atoms with van der Waals surface area (Å²) in [4.78, 5) is 10.2. The Bertz CT molecular complexity index is 176. The second-order valence-electron chi connectivity index (χ2n) is 2.05. The number of hydrogen-bond acceptors (Lipinski definition) is 6. The zero-order valence-electron chi connectivity index (χ0n) is 7.05. The molecule has 0 aliphatic heterocycles. The Morgan fingerprint density at radius 2 is 2.15 bits per heavy atom. The fraction of sp³-hybridized carbons (Fsp3) is 0.800. The van der Waals surface area contributed by atoms with Crippen LogP contribution < -0.4 is 11.9 Å². The lowest BCUT2D eigenvalue weighted by atomic mass is 10.2. The zero-order valence-corrected chi connectivity index (χ0v) is 7.94. The summed E-state index contributed by atoms with van der Waals surface area (Å²) in [6.07, 6.45) is 0.119. The van der Waals surface area contributed by atoms with Crippen LogP contribution in [0.25, 0.3) is 0 Å². The Balaban J connectivity index is 0. The van der Waals surface area contributed by atoms with Crippen LogP contribution >= 0.6 is 8.03 Å². The minimum Gasteiger partial charge on any atom is -0.480 e. The molecule has 7 nitrogen and oxygen atoms in total. The van der Waals surface area contributed by atoms with Crippen LogP contribution in [0.1, 0.15) is 6.42 Å². The van der Waals surface area contributed by atoms with Crippen molar-refractivity contribution >= 4 is 14.0 Å². The second kappa shape index (κ2) is 8.03. The van der Waals surface area contributed by atoms with E-state index in [-0.39, 0.29) is 18.7 Å². The molecule has 0 aromatic heterocycles. The Labute approximate surface area is 76.3 Å². The van der Waals surface area contributed by atoms with Crippen molar-refractivity contribution < 1.29 is 24.1 Å². The van der Waals surface area contributed by atoms with Gasteiger partial charge in [0.1, 0.15) is 6.04 Å². The number of aliphatic carboxylic acids is 1. The molecule has 7 N–H and O–H groups in total. The normalized spacial score (nSPS) is 12.9. The predicted octanol–water partition coefficient (Wildman–Crippen LogP) is -0.341. The molecule has 0 fully saturated rings. The highest BCUT2D eigenvalue weighted by Crippen LogP contribution is 2.22. The first-order valence-corrected chi connectivity index (χ1v) is 4.61. The Kier molecular flexibility index (Phi) is 9.21. The van der Waals surface area contributed by atoms with Gasteiger partial charge in [-0.25, -0.2) is 0 Å². The summed E-state index contributed by atoms with van der Waals surface area (Å²) in [5.74, 6) is -1.14. The van der Waals surface area contributed by atoms with E-state index in [1.165, 1.54) is 0 Å². The van der Waals surface area contributed by atoms with Gasteiger partial charge < -0.3 is 22.1 Å². The summed E-state index contributed by atoms with van der Waals surface area (Å²) >= 11 is 0. The minimum atomic E-state index is -1.98. The lowest BCUT2D eigenvalue weighted by molar-refractivity contribution is -0.138. The maximum atomic E-state index is 10.7. The highest BCUT2D eigenvalue weighted by Gasteiger charge is 2.21. The first-order valence-electron chi connectivity index (χ1n) is 3.24. The van der Waals surface area contributed by atoms with Crippen molar-refractivity contribution in [3.8, 4) is 0 Å². The number of aliphatic hydroxyl groups is 1. The second-order valence-corrected chi connectivity index (χ2v) is 3.42. The number of carbonyl (C=O) groups is 1. The van der Waals surface area contributed by atoms with Gasteiger partial charge in [0.15, 0.2) is 13.0 Å². The van der Waals surface area contributed by atoms with Crippen LogP contribution in [0.15, 0.2) is 0 Å². The van der Waals surface area contributed by atoms with Crippen molar-refractivity contribution in [2.24, 2.45) is 5.73 Å². The number of carboxylic acids is 1. The summed E-state index contributed by atoms with van der Waals surface area (Å²) in [6.45, 7) is -0.627. The monoisotopic (exact) mass is 213 g/mol. The quantitative estimate of drug-likeness (QED) is 0.348. The van der Waals surface area contributed by atoms with Gasteiger partial charge in [-0.05, 0) is 4.57 Å². The molecule has 0 heterocycles. The van der Waals surface area contributed by atoms with E-state index in [2.05, 4.69) is 4.52 Å². The molecule has 0 bridgehead atoms. The first kappa shape index (κ1) is 14.9. The molecule has 0 amide bonds. The van der Waals surface area contributed by atoms with Gasteiger partial charge in [0, 0.05) is 6.42 Å². The van der Waals surface area contributed by atoms with Crippen molar-refractivity contribution in [1.82, 2.24) is 6.15 Å². The Hall–Kier alpha value is -0.590. The smallest absolute Gasteiger partial charge is 0.480 e. The molecular weight excluding hydrogens is 199 g/mol. The molecule has 0 aromatic carbocycles. The third-order valence-corrected chi connectivity index (χ3v) is 2.17. The molecule has 0 rings (SSSR count). The van der Waals surface area contributed by atoms with Gasteiger partial charge >= 0.3 is 14.0 Å². The molecule has 2 unspecified atom stereocenters. The van der Waals surface area contributed by atoms with Crippen molar-refractivity contribution in [2.75, 3.05) is 13.0 Å². The number of carboxylic acid groups (broad SMARTS) is 1. The van der Waals surface area contributed by atoms with E-state index in [0.29, 0.717) is 0 Å². The third-order valence-electron chi connectivity index (χ3n) is 1.14. The molecule has 0 saturated carbocycles. The molecule has 0 aliphatic rings. The molecule has 8 heteroatoms. The number of nitrogens with two attached hydrogens (primary N) is 1. The zero-order chi connectivity index (χ0) is 9.56. The standard InChI is InChI=1S/C5H10NO5P.H3N/c6-4(5(8)9)1-2-12(10)11-3-7;/h4,7H,1-3,6H2;1H3/p+1. The van der Waals surface area contributed by atoms with Crippen LogP contribution in [0.4, 0.5) is 0 Å². The van der Waals surface area contributed by atoms with E-state index < -0.39 is 26.8 Å². The molecule has 0 aromatic rings. The average Bonchev–Trinajstić information content (AvgIpc) is 2.00. The van der Waals surface area contributed by atoms with Crippen LogP contribution in [-0.4, -0.2) is 35.2 Å². The van der Waals surface area contributed by atoms with Crippen LogP contribution in [0, 0.1) is 0 Å². The third kappa shape index (κ3) is 7.76. The van der Waals surface area contributed by atoms with Gasteiger partial charge in [-0.1, -0.05) is 0 Å². The molecule has 0 aliphatic carbocycles. The van der Waals surface area contributed by atoms with Gasteiger partial charge in [0.2, 0.25) is 0 Å². The van der Waals surface area contributed by atoms with Crippen LogP contribution in [0.5, 0.6) is 0 Å². The van der Waals surface area contributed by atoms with Crippen molar-refractivity contribution in [2.45, 2.75) is 12.5 Å². The van der Waals surface area contributed by atoms with Crippen molar-refractivity contribution in [1.29, 1.82) is 0 Å². The number of aliphatic hydroxyl groups excluding tert-OH is 1. The highest BCUT2D eigenvalue weighted by molar-refractivity contribution is 7.39. The lowest BCUT2D eigenvalue weighted by Crippen LogP contribution is -2.30. The predicted molar refractivity (Wildman–Crippen MR) is 45.9 cm³/mol. The molecule has 2 atom stereocenters. The maximum Gasteiger partial charge on any atom is 0.510 e. The highest BCUT2D eigenvalue weighted by atomic mass is 31.1. The van der Waals surface area contributed by atoms with E-state index in [1.54, 1.807) is 0 Å². The van der Waals surface area contributed by atoms with E-state index in [9.17, 15) is 9.36 Å². The first-order chi connectivity index (χ1) is 5.57. The summed E-state index contributed by atoms with van der Waals surface area (Å²) in [7, 11) is -1.98. The fourth-order valence-electron chi connectivity index (χ4n) is 0.497.